The first kappa shape index (κ1) is 19.5. The second kappa shape index (κ2) is 8.65. The van der Waals surface area contributed by atoms with Gasteiger partial charge in [0.2, 0.25) is 11.8 Å². The molecule has 1 atom stereocenters. The second-order valence-corrected chi connectivity index (χ2v) is 8.35. The van der Waals surface area contributed by atoms with E-state index in [1.807, 2.05) is 26.2 Å². The van der Waals surface area contributed by atoms with E-state index in [1.54, 1.807) is 0 Å². The molecular weight excluding hydrogens is 358 g/mol. The Balaban J connectivity index is 1.56. The number of nitrogens with one attached hydrogen (secondary N) is 2. The SMILES string of the molecule is CC(C)C(=O)Nc1nc(CC(=O)N[C@@H](C)c2ccc3c(c2)CCCC3)cs1. The Hall–Kier alpha value is -2.21. The number of anilines is 1. The fraction of sp³-hybridized carbons (Fsp3) is 0.476. The lowest BCUT2D eigenvalue weighted by Gasteiger charge is -2.20. The van der Waals surface area contributed by atoms with Crippen LogP contribution in [-0.2, 0) is 28.9 Å². The Bertz CT molecular complexity index is 829. The van der Waals surface area contributed by atoms with Gasteiger partial charge in [-0.2, -0.15) is 0 Å². The zero-order valence-corrected chi connectivity index (χ0v) is 17.0. The molecule has 6 heteroatoms. The minimum atomic E-state index is -0.0990. The van der Waals surface area contributed by atoms with Crippen molar-refractivity contribution in [1.82, 2.24) is 10.3 Å². The van der Waals surface area contributed by atoms with Gasteiger partial charge >= 0.3 is 0 Å². The minimum absolute atomic E-state index is 0.0384. The molecule has 0 aliphatic heterocycles. The van der Waals surface area contributed by atoms with E-state index in [1.165, 1.54) is 35.3 Å². The van der Waals surface area contributed by atoms with E-state index >= 15 is 0 Å². The molecule has 0 fully saturated rings. The summed E-state index contributed by atoms with van der Waals surface area (Å²) < 4.78 is 0. The molecule has 1 aliphatic carbocycles. The van der Waals surface area contributed by atoms with Crippen molar-refractivity contribution in [3.05, 3.63) is 46.0 Å². The predicted octanol–water partition coefficient (Wildman–Crippen LogP) is 4.04. The molecule has 0 saturated carbocycles. The molecular formula is C21H27N3O2S. The van der Waals surface area contributed by atoms with Crippen molar-refractivity contribution in [2.45, 2.75) is 58.9 Å². The molecule has 1 heterocycles. The number of amides is 2. The third-order valence-electron chi connectivity index (χ3n) is 4.90. The fourth-order valence-electron chi connectivity index (χ4n) is 3.26. The van der Waals surface area contributed by atoms with Crippen LogP contribution in [0.2, 0.25) is 0 Å². The first-order chi connectivity index (χ1) is 12.9. The van der Waals surface area contributed by atoms with Crippen molar-refractivity contribution in [3.63, 3.8) is 0 Å². The average Bonchev–Trinajstić information content (AvgIpc) is 3.07. The monoisotopic (exact) mass is 385 g/mol. The van der Waals surface area contributed by atoms with Crippen LogP contribution in [0.3, 0.4) is 0 Å². The summed E-state index contributed by atoms with van der Waals surface area (Å²) in [6.45, 7) is 5.68. The number of hydrogen-bond donors (Lipinski definition) is 2. The van der Waals surface area contributed by atoms with Gasteiger partial charge in [0.05, 0.1) is 18.2 Å². The maximum atomic E-state index is 12.4. The van der Waals surface area contributed by atoms with Gasteiger partial charge in [-0.25, -0.2) is 4.98 Å². The molecule has 2 N–H and O–H groups in total. The van der Waals surface area contributed by atoms with Crippen LogP contribution in [0.5, 0.6) is 0 Å². The molecule has 0 unspecified atom stereocenters. The zero-order valence-electron chi connectivity index (χ0n) is 16.2. The summed E-state index contributed by atoms with van der Waals surface area (Å²) in [6.07, 6.45) is 5.02. The Morgan fingerprint density at radius 1 is 1.15 bits per heavy atom. The number of thiazole rings is 1. The van der Waals surface area contributed by atoms with Crippen LogP contribution in [0.4, 0.5) is 5.13 Å². The van der Waals surface area contributed by atoms with Gasteiger partial charge in [-0.05, 0) is 49.3 Å². The number of rotatable bonds is 6. The predicted molar refractivity (Wildman–Crippen MR) is 109 cm³/mol. The summed E-state index contributed by atoms with van der Waals surface area (Å²) in [5.74, 6) is -0.230. The van der Waals surface area contributed by atoms with Crippen LogP contribution in [0, 0.1) is 5.92 Å². The Morgan fingerprint density at radius 3 is 2.63 bits per heavy atom. The van der Waals surface area contributed by atoms with Crippen LogP contribution in [0.25, 0.3) is 0 Å². The number of aryl methyl sites for hydroxylation is 2. The summed E-state index contributed by atoms with van der Waals surface area (Å²) >= 11 is 1.34. The quantitative estimate of drug-likeness (QED) is 0.788. The third-order valence-corrected chi connectivity index (χ3v) is 5.70. The van der Waals surface area contributed by atoms with Gasteiger partial charge in [0.1, 0.15) is 0 Å². The fourth-order valence-corrected chi connectivity index (χ4v) is 3.97. The van der Waals surface area contributed by atoms with Crippen LogP contribution in [0.15, 0.2) is 23.6 Å². The first-order valence-electron chi connectivity index (χ1n) is 9.58. The van der Waals surface area contributed by atoms with E-state index < -0.39 is 0 Å². The van der Waals surface area contributed by atoms with Gasteiger partial charge in [-0.15, -0.1) is 11.3 Å². The highest BCUT2D eigenvalue weighted by Gasteiger charge is 2.16. The first-order valence-corrected chi connectivity index (χ1v) is 10.5. The molecule has 0 bridgehead atoms. The number of carbonyl (C=O) groups is 2. The van der Waals surface area contributed by atoms with Gasteiger partial charge in [-0.3, -0.25) is 9.59 Å². The van der Waals surface area contributed by atoms with E-state index in [-0.39, 0.29) is 30.2 Å². The summed E-state index contributed by atoms with van der Waals surface area (Å²) in [6, 6.07) is 6.53. The minimum Gasteiger partial charge on any atom is -0.349 e. The number of fused-ring (bicyclic) bond motifs is 1. The molecule has 1 aliphatic rings. The molecule has 2 aromatic rings. The molecule has 1 aromatic carbocycles. The van der Waals surface area contributed by atoms with Crippen molar-refractivity contribution in [2.24, 2.45) is 5.92 Å². The summed E-state index contributed by atoms with van der Waals surface area (Å²) in [4.78, 5) is 28.5. The molecule has 0 saturated heterocycles. The molecule has 0 radical (unpaired) electrons. The summed E-state index contributed by atoms with van der Waals surface area (Å²) in [7, 11) is 0. The van der Waals surface area contributed by atoms with Crippen LogP contribution in [0.1, 0.15) is 62.0 Å². The lowest BCUT2D eigenvalue weighted by Crippen LogP contribution is -2.28. The topological polar surface area (TPSA) is 71.1 Å². The van der Waals surface area contributed by atoms with Crippen LogP contribution >= 0.6 is 11.3 Å². The number of hydrogen-bond acceptors (Lipinski definition) is 4. The van der Waals surface area contributed by atoms with Crippen molar-refractivity contribution < 1.29 is 9.59 Å². The zero-order chi connectivity index (χ0) is 19.4. The standard InChI is InChI=1S/C21H27N3O2S/c1-13(2)20(26)24-21-23-18(12-27-21)11-19(25)22-14(3)16-9-8-15-6-4-5-7-17(15)10-16/h8-10,12-14H,4-7,11H2,1-3H3,(H,22,25)(H,23,24,26)/t14-/m0/s1. The number of aromatic nitrogens is 1. The molecule has 27 heavy (non-hydrogen) atoms. The van der Waals surface area contributed by atoms with E-state index in [4.69, 9.17) is 0 Å². The van der Waals surface area contributed by atoms with E-state index in [2.05, 4.69) is 33.8 Å². The number of carbonyl (C=O) groups excluding carboxylic acids is 2. The molecule has 3 rings (SSSR count). The lowest BCUT2D eigenvalue weighted by molar-refractivity contribution is -0.121. The molecule has 5 nitrogen and oxygen atoms in total. The number of nitrogens with zero attached hydrogens (tertiary/aromatic N) is 1. The van der Waals surface area contributed by atoms with Gasteiger partial charge in [-0.1, -0.05) is 32.0 Å². The Kier molecular flexibility index (Phi) is 6.26. The van der Waals surface area contributed by atoms with Crippen molar-refractivity contribution in [1.29, 1.82) is 0 Å². The van der Waals surface area contributed by atoms with Gasteiger partial charge in [0.25, 0.3) is 0 Å². The van der Waals surface area contributed by atoms with E-state index in [9.17, 15) is 9.59 Å². The van der Waals surface area contributed by atoms with Gasteiger partial charge < -0.3 is 10.6 Å². The van der Waals surface area contributed by atoms with Crippen molar-refractivity contribution in [2.75, 3.05) is 5.32 Å². The maximum absolute atomic E-state index is 12.4. The Morgan fingerprint density at radius 2 is 1.89 bits per heavy atom. The largest absolute Gasteiger partial charge is 0.349 e. The average molecular weight is 386 g/mol. The smallest absolute Gasteiger partial charge is 0.228 e. The van der Waals surface area contributed by atoms with Crippen LogP contribution < -0.4 is 10.6 Å². The summed E-state index contributed by atoms with van der Waals surface area (Å²) in [5, 5.41) is 8.18. The van der Waals surface area contributed by atoms with Crippen LogP contribution in [-0.4, -0.2) is 16.8 Å². The second-order valence-electron chi connectivity index (χ2n) is 7.49. The highest BCUT2D eigenvalue weighted by Crippen LogP contribution is 2.25. The highest BCUT2D eigenvalue weighted by atomic mass is 32.1. The van der Waals surface area contributed by atoms with Crippen molar-refractivity contribution in [3.8, 4) is 0 Å². The molecule has 2 amide bonds. The number of benzene rings is 1. The molecule has 1 aromatic heterocycles. The third kappa shape index (κ3) is 5.16. The summed E-state index contributed by atoms with van der Waals surface area (Å²) in [5.41, 5.74) is 4.69. The molecule has 0 spiro atoms. The van der Waals surface area contributed by atoms with Gasteiger partial charge in [0, 0.05) is 11.3 Å². The molecule has 144 valence electrons. The maximum Gasteiger partial charge on any atom is 0.228 e. The van der Waals surface area contributed by atoms with Gasteiger partial charge in [0.15, 0.2) is 5.13 Å². The normalized spacial score (nSPS) is 14.5. The van der Waals surface area contributed by atoms with E-state index in [0.29, 0.717) is 10.8 Å². The Labute approximate surface area is 164 Å². The highest BCUT2D eigenvalue weighted by molar-refractivity contribution is 7.13. The van der Waals surface area contributed by atoms with Crippen molar-refractivity contribution >= 4 is 28.3 Å². The lowest BCUT2D eigenvalue weighted by atomic mass is 9.89. The van der Waals surface area contributed by atoms with E-state index in [0.717, 1.165) is 18.4 Å².